The number of benzene rings is 2. The Morgan fingerprint density at radius 2 is 1.72 bits per heavy atom. The molecule has 25 heavy (non-hydrogen) atoms. The molecule has 0 radical (unpaired) electrons. The molecule has 0 atom stereocenters. The summed E-state index contributed by atoms with van der Waals surface area (Å²) in [5.41, 5.74) is 4.76. The van der Waals surface area contributed by atoms with Gasteiger partial charge in [-0.1, -0.05) is 23.7 Å². The number of aromatic amines is 1. The van der Waals surface area contributed by atoms with Gasteiger partial charge < -0.3 is 10.3 Å². The molecular formula is C16H12ClN5O3. The minimum atomic E-state index is -0.755. The summed E-state index contributed by atoms with van der Waals surface area (Å²) in [5.74, 6) is -0.968. The van der Waals surface area contributed by atoms with Crippen molar-refractivity contribution in [2.24, 2.45) is 0 Å². The molecular weight excluding hydrogens is 346 g/mol. The van der Waals surface area contributed by atoms with Gasteiger partial charge >= 0.3 is 11.9 Å². The number of carbonyl (C=O) groups excluding carboxylic acids is 2. The van der Waals surface area contributed by atoms with Gasteiger partial charge in [-0.05, 0) is 36.4 Å². The van der Waals surface area contributed by atoms with E-state index in [1.165, 1.54) is 0 Å². The number of hydrogen-bond acceptors (Lipinski definition) is 4. The summed E-state index contributed by atoms with van der Waals surface area (Å²) in [6, 6.07) is 12.4. The maximum Gasteiger partial charge on any atom is 0.337 e. The Labute approximate surface area is 146 Å². The number of H-pyrrole nitrogens is 1. The van der Waals surface area contributed by atoms with Crippen LogP contribution in [-0.4, -0.2) is 21.9 Å². The van der Waals surface area contributed by atoms with E-state index in [0.29, 0.717) is 21.6 Å². The highest BCUT2D eigenvalue weighted by Gasteiger charge is 2.12. The first-order valence-corrected chi connectivity index (χ1v) is 7.53. The van der Waals surface area contributed by atoms with Crippen LogP contribution >= 0.6 is 11.6 Å². The molecule has 2 aromatic carbocycles. The molecule has 9 heteroatoms. The average Bonchev–Trinajstić information content (AvgIpc) is 2.61. The number of para-hydroxylation sites is 1. The van der Waals surface area contributed by atoms with Gasteiger partial charge in [-0.2, -0.15) is 0 Å². The fraction of sp³-hybridized carbons (Fsp3) is 0. The monoisotopic (exact) mass is 357 g/mol. The largest absolute Gasteiger partial charge is 0.337 e. The molecule has 0 spiro atoms. The summed E-state index contributed by atoms with van der Waals surface area (Å²) in [5, 5.41) is 3.40. The Morgan fingerprint density at radius 1 is 1.00 bits per heavy atom. The van der Waals surface area contributed by atoms with Gasteiger partial charge in [-0.15, -0.1) is 0 Å². The van der Waals surface area contributed by atoms with Crippen LogP contribution in [0.25, 0.3) is 10.9 Å². The normalized spacial score (nSPS) is 10.3. The van der Waals surface area contributed by atoms with Crippen molar-refractivity contribution in [2.75, 3.05) is 5.32 Å². The first kappa shape index (κ1) is 16.5. The van der Waals surface area contributed by atoms with Crippen LogP contribution < -0.4 is 21.7 Å². The lowest BCUT2D eigenvalue weighted by atomic mass is 10.2. The van der Waals surface area contributed by atoms with Crippen LogP contribution in [0, 0.1) is 0 Å². The molecule has 1 aromatic heterocycles. The first-order chi connectivity index (χ1) is 12.0. The number of rotatable bonds is 2. The lowest BCUT2D eigenvalue weighted by molar-refractivity contribution is 0.0927. The van der Waals surface area contributed by atoms with E-state index in [1.807, 2.05) is 0 Å². The minimum absolute atomic E-state index is 0.213. The fourth-order valence-electron chi connectivity index (χ4n) is 2.06. The van der Waals surface area contributed by atoms with Crippen LogP contribution in [0.1, 0.15) is 10.6 Å². The molecule has 3 aromatic rings. The van der Waals surface area contributed by atoms with E-state index < -0.39 is 17.5 Å². The zero-order chi connectivity index (χ0) is 17.8. The summed E-state index contributed by atoms with van der Waals surface area (Å²) in [4.78, 5) is 42.1. The lowest BCUT2D eigenvalue weighted by Crippen LogP contribution is -2.44. The fourth-order valence-corrected chi connectivity index (χ4v) is 2.19. The van der Waals surface area contributed by atoms with Crippen molar-refractivity contribution < 1.29 is 9.59 Å². The van der Waals surface area contributed by atoms with Gasteiger partial charge in [0.2, 0.25) is 5.82 Å². The van der Waals surface area contributed by atoms with Gasteiger partial charge in [0.15, 0.2) is 0 Å². The Kier molecular flexibility index (Phi) is 4.62. The van der Waals surface area contributed by atoms with E-state index in [4.69, 9.17) is 11.6 Å². The standard InChI is InChI=1S/C16H12ClN5O3/c17-9-5-7-10(8-6-9)18-16(25)22-21-15(24)13-19-12-4-2-1-3-11(12)14(23)20-13/h1-8H,(H,21,24)(H2,18,22,25)(H,19,20,23). The molecule has 0 fully saturated rings. The summed E-state index contributed by atoms with van der Waals surface area (Å²) in [6.45, 7) is 0. The van der Waals surface area contributed by atoms with Gasteiger partial charge in [-0.3, -0.25) is 15.0 Å². The number of hydrazine groups is 1. The van der Waals surface area contributed by atoms with E-state index in [9.17, 15) is 14.4 Å². The van der Waals surface area contributed by atoms with Crippen LogP contribution in [0.15, 0.2) is 53.3 Å². The molecule has 4 N–H and O–H groups in total. The van der Waals surface area contributed by atoms with Gasteiger partial charge in [-0.25, -0.2) is 15.2 Å². The molecule has 0 unspecified atom stereocenters. The predicted octanol–water partition coefficient (Wildman–Crippen LogP) is 2.04. The Morgan fingerprint density at radius 3 is 2.48 bits per heavy atom. The number of nitrogens with one attached hydrogen (secondary N) is 4. The van der Waals surface area contributed by atoms with Crippen LogP contribution in [0.5, 0.6) is 0 Å². The van der Waals surface area contributed by atoms with Gasteiger partial charge in [0, 0.05) is 10.7 Å². The molecule has 3 rings (SSSR count). The van der Waals surface area contributed by atoms with Gasteiger partial charge in [0.1, 0.15) is 0 Å². The molecule has 8 nitrogen and oxygen atoms in total. The van der Waals surface area contributed by atoms with Crippen molar-refractivity contribution in [3.05, 3.63) is 69.7 Å². The number of halogens is 1. The Balaban J connectivity index is 1.65. The molecule has 3 amide bonds. The van der Waals surface area contributed by atoms with Crippen LogP contribution in [-0.2, 0) is 0 Å². The van der Waals surface area contributed by atoms with E-state index >= 15 is 0 Å². The zero-order valence-corrected chi connectivity index (χ0v) is 13.4. The van der Waals surface area contributed by atoms with Crippen molar-refractivity contribution in [3.63, 3.8) is 0 Å². The maximum absolute atomic E-state index is 12.0. The third-order valence-corrected chi connectivity index (χ3v) is 3.47. The van der Waals surface area contributed by atoms with Crippen molar-refractivity contribution in [1.82, 2.24) is 20.8 Å². The smallest absolute Gasteiger partial charge is 0.307 e. The highest BCUT2D eigenvalue weighted by molar-refractivity contribution is 6.30. The first-order valence-electron chi connectivity index (χ1n) is 7.15. The number of urea groups is 1. The molecule has 1 heterocycles. The number of nitrogens with zero attached hydrogens (tertiary/aromatic N) is 1. The second-order valence-corrected chi connectivity index (χ2v) is 5.41. The zero-order valence-electron chi connectivity index (χ0n) is 12.7. The summed E-state index contributed by atoms with van der Waals surface area (Å²) in [6.07, 6.45) is 0. The number of hydrogen-bond donors (Lipinski definition) is 4. The van der Waals surface area contributed by atoms with E-state index in [1.54, 1.807) is 48.5 Å². The van der Waals surface area contributed by atoms with E-state index in [0.717, 1.165) is 0 Å². The molecule has 0 aliphatic rings. The highest BCUT2D eigenvalue weighted by Crippen LogP contribution is 2.13. The maximum atomic E-state index is 12.0. The average molecular weight is 358 g/mol. The quantitative estimate of drug-likeness (QED) is 0.525. The molecule has 126 valence electrons. The number of carbonyl (C=O) groups is 2. The van der Waals surface area contributed by atoms with Crippen LogP contribution in [0.3, 0.4) is 0 Å². The van der Waals surface area contributed by atoms with Gasteiger partial charge in [0.25, 0.3) is 5.56 Å². The van der Waals surface area contributed by atoms with E-state index in [2.05, 4.69) is 26.1 Å². The SMILES string of the molecule is O=C(NNC(=O)c1nc2ccccc2c(=O)[nH]1)Nc1ccc(Cl)cc1. The molecule has 0 saturated carbocycles. The van der Waals surface area contributed by atoms with Crippen molar-refractivity contribution in [3.8, 4) is 0 Å². The van der Waals surface area contributed by atoms with Crippen molar-refractivity contribution >= 4 is 40.1 Å². The second-order valence-electron chi connectivity index (χ2n) is 4.97. The summed E-state index contributed by atoms with van der Waals surface area (Å²) in [7, 11) is 0. The van der Waals surface area contributed by atoms with Gasteiger partial charge in [0.05, 0.1) is 10.9 Å². The lowest BCUT2D eigenvalue weighted by Gasteiger charge is -2.09. The molecule has 0 bridgehead atoms. The Hall–Kier alpha value is -3.39. The number of amides is 3. The van der Waals surface area contributed by atoms with Crippen molar-refractivity contribution in [2.45, 2.75) is 0 Å². The summed E-state index contributed by atoms with van der Waals surface area (Å²) < 4.78 is 0. The highest BCUT2D eigenvalue weighted by atomic mass is 35.5. The van der Waals surface area contributed by atoms with E-state index in [-0.39, 0.29) is 5.82 Å². The van der Waals surface area contributed by atoms with Crippen LogP contribution in [0.2, 0.25) is 5.02 Å². The second kappa shape index (κ2) is 7.02. The predicted molar refractivity (Wildman–Crippen MR) is 93.4 cm³/mol. The molecule has 0 saturated heterocycles. The molecule has 0 aliphatic heterocycles. The van der Waals surface area contributed by atoms with Crippen LogP contribution in [0.4, 0.5) is 10.5 Å². The summed E-state index contributed by atoms with van der Waals surface area (Å²) >= 11 is 5.75. The number of fused-ring (bicyclic) bond motifs is 1. The third-order valence-electron chi connectivity index (χ3n) is 3.22. The number of anilines is 1. The molecule has 0 aliphatic carbocycles. The Bertz CT molecular complexity index is 1000. The van der Waals surface area contributed by atoms with Crippen molar-refractivity contribution in [1.29, 1.82) is 0 Å². The third kappa shape index (κ3) is 3.93. The topological polar surface area (TPSA) is 116 Å². The minimum Gasteiger partial charge on any atom is -0.307 e. The number of aromatic nitrogens is 2.